The van der Waals surface area contributed by atoms with E-state index in [1.165, 1.54) is 23.4 Å². The van der Waals surface area contributed by atoms with Gasteiger partial charge in [-0.3, -0.25) is 9.48 Å². The minimum atomic E-state index is -0.0760. The van der Waals surface area contributed by atoms with E-state index in [4.69, 9.17) is 4.98 Å². The van der Waals surface area contributed by atoms with Gasteiger partial charge in [-0.25, -0.2) is 4.98 Å². The summed E-state index contributed by atoms with van der Waals surface area (Å²) < 4.78 is 1.85. The van der Waals surface area contributed by atoms with Crippen LogP contribution in [-0.4, -0.2) is 20.7 Å². The number of fused-ring (bicyclic) bond motifs is 1. The molecule has 0 spiro atoms. The molecule has 4 rings (SSSR count). The van der Waals surface area contributed by atoms with Crippen molar-refractivity contribution in [3.63, 3.8) is 0 Å². The highest BCUT2D eigenvalue weighted by Crippen LogP contribution is 2.29. The lowest BCUT2D eigenvalue weighted by Gasteiger charge is -2.12. The number of aryl methyl sites for hydroxylation is 2. The van der Waals surface area contributed by atoms with E-state index in [-0.39, 0.29) is 11.9 Å². The van der Waals surface area contributed by atoms with Gasteiger partial charge in [-0.05, 0) is 56.4 Å². The van der Waals surface area contributed by atoms with Crippen LogP contribution in [0.25, 0.3) is 0 Å². The number of hydrogen-bond acceptors (Lipinski definition) is 4. The first kappa shape index (κ1) is 17.0. The molecular weight excluding hydrogens is 344 g/mol. The van der Waals surface area contributed by atoms with Gasteiger partial charge in [0.05, 0.1) is 18.3 Å². The molecule has 3 aromatic rings. The van der Waals surface area contributed by atoms with Gasteiger partial charge in [0.25, 0.3) is 5.91 Å². The fourth-order valence-corrected chi connectivity index (χ4v) is 4.45. The minimum Gasteiger partial charge on any atom is -0.343 e. The maximum atomic E-state index is 12.7. The van der Waals surface area contributed by atoms with Crippen molar-refractivity contribution >= 4 is 17.2 Å². The van der Waals surface area contributed by atoms with Crippen LogP contribution in [0.15, 0.2) is 42.7 Å². The number of rotatable bonds is 5. The average molecular weight is 366 g/mol. The molecule has 1 aliphatic carbocycles. The van der Waals surface area contributed by atoms with Gasteiger partial charge < -0.3 is 5.32 Å². The van der Waals surface area contributed by atoms with Crippen LogP contribution in [0.2, 0.25) is 0 Å². The zero-order valence-corrected chi connectivity index (χ0v) is 15.6. The van der Waals surface area contributed by atoms with Crippen molar-refractivity contribution in [3.05, 3.63) is 69.4 Å². The number of nitrogens with zero attached hydrogens (tertiary/aromatic N) is 3. The first-order chi connectivity index (χ1) is 12.7. The number of aromatic nitrogens is 3. The predicted molar refractivity (Wildman–Crippen MR) is 102 cm³/mol. The highest BCUT2D eigenvalue weighted by atomic mass is 32.1. The third-order valence-corrected chi connectivity index (χ3v) is 6.01. The highest BCUT2D eigenvalue weighted by molar-refractivity contribution is 7.11. The van der Waals surface area contributed by atoms with E-state index in [2.05, 4.69) is 10.4 Å². The number of carbonyl (C=O) groups excluding carboxylic acids is 1. The lowest BCUT2D eigenvalue weighted by molar-refractivity contribution is 0.0939. The molecule has 6 heteroatoms. The molecule has 0 saturated carbocycles. The van der Waals surface area contributed by atoms with E-state index < -0.39 is 0 Å². The third-order valence-electron chi connectivity index (χ3n) is 4.67. The van der Waals surface area contributed by atoms with Crippen molar-refractivity contribution in [1.29, 1.82) is 0 Å². The smallest absolute Gasteiger partial charge is 0.251 e. The normalized spacial score (nSPS) is 14.7. The zero-order chi connectivity index (χ0) is 17.9. The van der Waals surface area contributed by atoms with Crippen molar-refractivity contribution < 1.29 is 4.79 Å². The first-order valence-corrected chi connectivity index (χ1v) is 9.86. The summed E-state index contributed by atoms with van der Waals surface area (Å²) in [6.45, 7) is 2.67. The molecule has 134 valence electrons. The SMILES string of the molecule is C[C@@H](NC(=O)c1cccc(Cn2cccn2)c1)c1nc2c(s1)CCCC2. The van der Waals surface area contributed by atoms with E-state index >= 15 is 0 Å². The predicted octanol–water partition coefficient (Wildman–Crippen LogP) is 3.76. The van der Waals surface area contributed by atoms with Gasteiger partial charge in [-0.2, -0.15) is 5.10 Å². The van der Waals surface area contributed by atoms with Crippen molar-refractivity contribution in [2.45, 2.75) is 45.2 Å². The fourth-order valence-electron chi connectivity index (χ4n) is 3.29. The summed E-state index contributed by atoms with van der Waals surface area (Å²) in [5, 5.41) is 8.32. The zero-order valence-electron chi connectivity index (χ0n) is 14.8. The molecule has 2 heterocycles. The van der Waals surface area contributed by atoms with Crippen molar-refractivity contribution in [2.24, 2.45) is 0 Å². The van der Waals surface area contributed by atoms with Crippen LogP contribution in [0.3, 0.4) is 0 Å². The molecule has 0 radical (unpaired) electrons. The molecule has 0 saturated heterocycles. The van der Waals surface area contributed by atoms with Crippen LogP contribution in [-0.2, 0) is 19.4 Å². The van der Waals surface area contributed by atoms with Gasteiger partial charge in [0, 0.05) is 22.8 Å². The molecule has 1 N–H and O–H groups in total. The van der Waals surface area contributed by atoms with Crippen LogP contribution in [0, 0.1) is 0 Å². The number of benzene rings is 1. The number of hydrogen-bond donors (Lipinski definition) is 1. The molecule has 2 aromatic heterocycles. The Bertz CT molecular complexity index is 877. The second-order valence-electron chi connectivity index (χ2n) is 6.73. The summed E-state index contributed by atoms with van der Waals surface area (Å²) in [5.41, 5.74) is 2.96. The molecule has 1 atom stereocenters. The Morgan fingerprint density at radius 2 is 2.19 bits per heavy atom. The van der Waals surface area contributed by atoms with Crippen LogP contribution in [0.4, 0.5) is 0 Å². The topological polar surface area (TPSA) is 59.8 Å². The first-order valence-electron chi connectivity index (χ1n) is 9.05. The van der Waals surface area contributed by atoms with Crippen molar-refractivity contribution in [3.8, 4) is 0 Å². The van der Waals surface area contributed by atoms with Gasteiger partial charge >= 0.3 is 0 Å². The van der Waals surface area contributed by atoms with Crippen LogP contribution >= 0.6 is 11.3 Å². The van der Waals surface area contributed by atoms with E-state index in [0.717, 1.165) is 23.4 Å². The van der Waals surface area contributed by atoms with Crippen LogP contribution in [0.1, 0.15) is 57.3 Å². The largest absolute Gasteiger partial charge is 0.343 e. The van der Waals surface area contributed by atoms with Gasteiger partial charge in [-0.1, -0.05) is 12.1 Å². The summed E-state index contributed by atoms with van der Waals surface area (Å²) in [4.78, 5) is 18.8. The van der Waals surface area contributed by atoms with E-state index in [1.807, 2.05) is 48.1 Å². The maximum absolute atomic E-state index is 12.7. The Morgan fingerprint density at radius 1 is 1.31 bits per heavy atom. The lowest BCUT2D eigenvalue weighted by Crippen LogP contribution is -2.26. The Kier molecular flexibility index (Phi) is 4.84. The van der Waals surface area contributed by atoms with Crippen LogP contribution in [0.5, 0.6) is 0 Å². The number of carbonyl (C=O) groups is 1. The standard InChI is InChI=1S/C20H22N4OS/c1-14(20-23-17-8-2-3-9-18(17)26-20)22-19(25)16-7-4-6-15(12-16)13-24-11-5-10-21-24/h4-7,10-12,14H,2-3,8-9,13H2,1H3,(H,22,25)/t14-/m1/s1. The molecule has 0 unspecified atom stereocenters. The minimum absolute atomic E-state index is 0.0620. The summed E-state index contributed by atoms with van der Waals surface area (Å²) in [6, 6.07) is 9.52. The van der Waals surface area contributed by atoms with Crippen molar-refractivity contribution in [1.82, 2.24) is 20.1 Å². The highest BCUT2D eigenvalue weighted by Gasteiger charge is 2.20. The van der Waals surface area contributed by atoms with Gasteiger partial charge in [-0.15, -0.1) is 11.3 Å². The molecule has 5 nitrogen and oxygen atoms in total. The second kappa shape index (κ2) is 7.41. The molecule has 1 aromatic carbocycles. The Labute approximate surface area is 157 Å². The van der Waals surface area contributed by atoms with E-state index in [0.29, 0.717) is 12.1 Å². The van der Waals surface area contributed by atoms with Crippen LogP contribution < -0.4 is 5.32 Å². The Morgan fingerprint density at radius 3 is 3.00 bits per heavy atom. The summed E-state index contributed by atoms with van der Waals surface area (Å²) >= 11 is 1.75. The third kappa shape index (κ3) is 3.70. The summed E-state index contributed by atoms with van der Waals surface area (Å²) in [5.74, 6) is -0.0620. The monoisotopic (exact) mass is 366 g/mol. The molecular formula is C20H22N4OS. The lowest BCUT2D eigenvalue weighted by atomic mass is 10.0. The summed E-state index contributed by atoms with van der Waals surface area (Å²) in [7, 11) is 0. The van der Waals surface area contributed by atoms with Gasteiger partial charge in [0.1, 0.15) is 5.01 Å². The number of thiazole rings is 1. The molecule has 0 bridgehead atoms. The average Bonchev–Trinajstić information content (AvgIpc) is 3.31. The van der Waals surface area contributed by atoms with E-state index in [1.54, 1.807) is 17.5 Å². The molecule has 1 aliphatic rings. The Hall–Kier alpha value is -2.47. The second-order valence-corrected chi connectivity index (χ2v) is 7.84. The van der Waals surface area contributed by atoms with Gasteiger partial charge in [0.15, 0.2) is 0 Å². The fraction of sp³-hybridized carbons (Fsp3) is 0.350. The number of amides is 1. The summed E-state index contributed by atoms with van der Waals surface area (Å²) in [6.07, 6.45) is 8.34. The Balaban J connectivity index is 1.45. The van der Waals surface area contributed by atoms with E-state index in [9.17, 15) is 4.79 Å². The van der Waals surface area contributed by atoms with Crippen molar-refractivity contribution in [2.75, 3.05) is 0 Å². The quantitative estimate of drug-likeness (QED) is 0.748. The number of nitrogens with one attached hydrogen (secondary N) is 1. The molecule has 0 fully saturated rings. The molecule has 26 heavy (non-hydrogen) atoms. The molecule has 0 aliphatic heterocycles. The van der Waals surface area contributed by atoms with Gasteiger partial charge in [0.2, 0.25) is 0 Å². The molecule has 1 amide bonds. The maximum Gasteiger partial charge on any atom is 0.251 e.